The summed E-state index contributed by atoms with van der Waals surface area (Å²) in [4.78, 5) is 47.9. The second-order valence-electron chi connectivity index (χ2n) is 7.05. The predicted molar refractivity (Wildman–Crippen MR) is 104 cm³/mol. The topological polar surface area (TPSA) is 270 Å². The van der Waals surface area contributed by atoms with Crippen molar-refractivity contribution in [3.8, 4) is 0 Å². The minimum Gasteiger partial charge on any atom is -0.387 e. The molecule has 1 aliphatic rings. The van der Waals surface area contributed by atoms with Crippen LogP contribution in [0.3, 0.4) is 0 Å². The van der Waals surface area contributed by atoms with Gasteiger partial charge < -0.3 is 40.3 Å². The molecule has 0 spiro atoms. The van der Waals surface area contributed by atoms with Crippen LogP contribution in [0, 0.1) is 0 Å². The number of hydrogen-bond donors (Lipinski definition) is 7. The molecular weight excluding hydrogens is 499 g/mol. The SMILES string of the molecule is C[C@@]1(O)[C@H](O)[C@@H](CCP(=O)(O)OP(=O)(O)OP(=O)(O)O)O[C@H]1n1cnc2c(N)ncnc21. The number of phosphoric acid groups is 2. The van der Waals surface area contributed by atoms with Gasteiger partial charge in [-0.1, -0.05) is 0 Å². The highest BCUT2D eigenvalue weighted by Crippen LogP contribution is 2.66. The number of fused-ring (bicyclic) bond motifs is 1. The minimum absolute atomic E-state index is 0.0628. The number of aromatic nitrogens is 4. The van der Waals surface area contributed by atoms with E-state index < -0.39 is 59.9 Å². The molecule has 2 aromatic heterocycles. The zero-order valence-corrected chi connectivity index (χ0v) is 18.8. The molecule has 1 aliphatic heterocycles. The molecule has 20 heteroatoms. The van der Waals surface area contributed by atoms with Crippen molar-refractivity contribution in [3.63, 3.8) is 0 Å². The summed E-state index contributed by atoms with van der Waals surface area (Å²) in [5.74, 6) is 0.0628. The van der Waals surface area contributed by atoms with Crippen LogP contribution in [-0.4, -0.2) is 73.3 Å². The molecule has 32 heavy (non-hydrogen) atoms. The Morgan fingerprint density at radius 3 is 2.47 bits per heavy atom. The van der Waals surface area contributed by atoms with Crippen molar-refractivity contribution in [2.24, 2.45) is 0 Å². The molecule has 3 rings (SSSR count). The number of aliphatic hydroxyl groups is 2. The van der Waals surface area contributed by atoms with Gasteiger partial charge in [-0.15, -0.1) is 0 Å². The van der Waals surface area contributed by atoms with E-state index in [4.69, 9.17) is 20.3 Å². The van der Waals surface area contributed by atoms with Crippen molar-refractivity contribution in [2.75, 3.05) is 11.9 Å². The maximum absolute atomic E-state index is 12.1. The third-order valence-corrected chi connectivity index (χ3v) is 8.88. The third-order valence-electron chi connectivity index (χ3n) is 4.53. The molecule has 0 saturated carbocycles. The van der Waals surface area contributed by atoms with Crippen molar-refractivity contribution in [1.82, 2.24) is 19.5 Å². The first-order valence-electron chi connectivity index (χ1n) is 8.64. The van der Waals surface area contributed by atoms with Crippen LogP contribution in [0.2, 0.25) is 0 Å². The maximum atomic E-state index is 12.1. The Hall–Kier alpha value is -1.32. The van der Waals surface area contributed by atoms with E-state index in [9.17, 15) is 33.7 Å². The van der Waals surface area contributed by atoms with Crippen molar-refractivity contribution >= 4 is 40.2 Å². The average molecular weight is 519 g/mol. The molecule has 3 heterocycles. The summed E-state index contributed by atoms with van der Waals surface area (Å²) in [5, 5.41) is 21.3. The van der Waals surface area contributed by atoms with E-state index in [1.54, 1.807) is 0 Å². The van der Waals surface area contributed by atoms with E-state index in [2.05, 4.69) is 23.6 Å². The number of ether oxygens (including phenoxy) is 1. The first-order chi connectivity index (χ1) is 14.5. The number of nitrogens with zero attached hydrogens (tertiary/aromatic N) is 4. The number of rotatable bonds is 8. The van der Waals surface area contributed by atoms with Gasteiger partial charge in [-0.3, -0.25) is 9.13 Å². The molecule has 1 saturated heterocycles. The molecular formula is C12H20N5O12P3. The number of nitrogens with two attached hydrogens (primary N) is 1. The summed E-state index contributed by atoms with van der Waals surface area (Å²) in [6, 6.07) is 0. The average Bonchev–Trinajstić information content (AvgIpc) is 3.11. The fourth-order valence-electron chi connectivity index (χ4n) is 3.16. The van der Waals surface area contributed by atoms with Crippen LogP contribution < -0.4 is 5.73 Å². The zero-order valence-electron chi connectivity index (χ0n) is 16.1. The fraction of sp³-hybridized carbons (Fsp3) is 0.583. The Labute approximate surface area is 179 Å². The number of nitrogen functional groups attached to an aromatic ring is 1. The molecule has 0 aliphatic carbocycles. The first-order valence-corrected chi connectivity index (χ1v) is 13.4. The second-order valence-corrected chi connectivity index (χ2v) is 12.0. The van der Waals surface area contributed by atoms with E-state index in [0.717, 1.165) is 6.33 Å². The number of aliphatic hydroxyl groups excluding tert-OH is 1. The molecule has 0 amide bonds. The summed E-state index contributed by atoms with van der Waals surface area (Å²) in [7, 11) is -16.0. The van der Waals surface area contributed by atoms with Gasteiger partial charge in [0.25, 0.3) is 0 Å². The summed E-state index contributed by atoms with van der Waals surface area (Å²) >= 11 is 0. The lowest BCUT2D eigenvalue weighted by molar-refractivity contribution is -0.0940. The molecule has 0 radical (unpaired) electrons. The van der Waals surface area contributed by atoms with E-state index in [1.165, 1.54) is 17.8 Å². The Balaban J connectivity index is 1.74. The van der Waals surface area contributed by atoms with Crippen molar-refractivity contribution in [2.45, 2.75) is 37.4 Å². The quantitative estimate of drug-likeness (QED) is 0.211. The summed E-state index contributed by atoms with van der Waals surface area (Å²) in [5.41, 5.74) is 4.18. The van der Waals surface area contributed by atoms with E-state index in [-0.39, 0.29) is 17.0 Å². The lowest BCUT2D eigenvalue weighted by Crippen LogP contribution is -2.43. The normalized spacial score (nSPS) is 30.3. The van der Waals surface area contributed by atoms with Gasteiger partial charge in [0.2, 0.25) is 0 Å². The summed E-state index contributed by atoms with van der Waals surface area (Å²) in [6.07, 6.45) is -3.10. The fourth-order valence-corrected chi connectivity index (χ4v) is 6.82. The van der Waals surface area contributed by atoms with Crippen molar-refractivity contribution in [1.29, 1.82) is 0 Å². The molecule has 2 aromatic rings. The van der Waals surface area contributed by atoms with Crippen LogP contribution in [0.5, 0.6) is 0 Å². The third kappa shape index (κ3) is 5.42. The zero-order chi connectivity index (χ0) is 24.1. The van der Waals surface area contributed by atoms with Crippen molar-refractivity contribution < 1.29 is 56.8 Å². The Kier molecular flexibility index (Phi) is 6.70. The molecule has 0 aromatic carbocycles. The predicted octanol–water partition coefficient (Wildman–Crippen LogP) is -0.780. The second kappa shape index (κ2) is 8.47. The highest BCUT2D eigenvalue weighted by atomic mass is 31.3. The number of anilines is 1. The monoisotopic (exact) mass is 519 g/mol. The molecule has 0 bridgehead atoms. The summed E-state index contributed by atoms with van der Waals surface area (Å²) < 4.78 is 48.6. The van der Waals surface area contributed by atoms with Crippen LogP contribution in [0.4, 0.5) is 5.82 Å². The largest absolute Gasteiger partial charge is 0.488 e. The Bertz CT molecular complexity index is 1150. The van der Waals surface area contributed by atoms with Gasteiger partial charge in [-0.2, -0.15) is 4.31 Å². The van der Waals surface area contributed by atoms with Gasteiger partial charge in [0.05, 0.1) is 18.6 Å². The highest BCUT2D eigenvalue weighted by Gasteiger charge is 2.54. The standard InChI is InChI=1S/C12H20N5O12P3/c1-12(19)8(18)6(2-3-30(20,21)28-32(25,26)29-31(22,23)24)27-11(12)17-5-16-7-9(13)14-4-15-10(7)17/h4-6,8,11,18-19H,2-3H2,1H3,(H,20,21)(H,25,26)(H2,13,14,15)(H2,22,23,24)/t6-,8-,11-,12-/m1/s1. The lowest BCUT2D eigenvalue weighted by atomic mass is 9.95. The molecule has 8 N–H and O–H groups in total. The van der Waals surface area contributed by atoms with Crippen LogP contribution in [-0.2, 0) is 27.1 Å². The van der Waals surface area contributed by atoms with Gasteiger partial charge in [0.1, 0.15) is 23.5 Å². The van der Waals surface area contributed by atoms with Gasteiger partial charge >= 0.3 is 23.2 Å². The van der Waals surface area contributed by atoms with Crippen LogP contribution in [0.15, 0.2) is 12.7 Å². The molecule has 17 nitrogen and oxygen atoms in total. The molecule has 1 fully saturated rings. The molecule has 180 valence electrons. The lowest BCUT2D eigenvalue weighted by Gasteiger charge is -2.27. The van der Waals surface area contributed by atoms with Gasteiger partial charge in [0, 0.05) is 0 Å². The summed E-state index contributed by atoms with van der Waals surface area (Å²) in [6.45, 7) is 1.24. The maximum Gasteiger partial charge on any atom is 0.488 e. The van der Waals surface area contributed by atoms with Gasteiger partial charge in [-0.05, 0) is 13.3 Å². The molecule has 2 unspecified atom stereocenters. The number of hydrogen-bond acceptors (Lipinski definition) is 12. The minimum atomic E-state index is -5.59. The van der Waals surface area contributed by atoms with E-state index >= 15 is 0 Å². The smallest absolute Gasteiger partial charge is 0.387 e. The van der Waals surface area contributed by atoms with E-state index in [1.807, 2.05) is 0 Å². The van der Waals surface area contributed by atoms with Crippen LogP contribution in [0.1, 0.15) is 19.6 Å². The highest BCUT2D eigenvalue weighted by molar-refractivity contribution is 7.68. The number of imidazole rings is 1. The van der Waals surface area contributed by atoms with Crippen molar-refractivity contribution in [3.05, 3.63) is 12.7 Å². The van der Waals surface area contributed by atoms with Crippen LogP contribution in [0.25, 0.3) is 11.2 Å². The van der Waals surface area contributed by atoms with Gasteiger partial charge in [-0.25, -0.2) is 28.4 Å². The molecule has 6 atom stereocenters. The Morgan fingerprint density at radius 1 is 1.19 bits per heavy atom. The van der Waals surface area contributed by atoms with E-state index in [0.29, 0.717) is 0 Å². The Morgan fingerprint density at radius 2 is 1.84 bits per heavy atom. The first kappa shape index (κ1) is 25.3. The van der Waals surface area contributed by atoms with Gasteiger partial charge in [0.15, 0.2) is 17.7 Å². The van der Waals surface area contributed by atoms with Crippen LogP contribution >= 0.6 is 23.2 Å².